The lowest BCUT2D eigenvalue weighted by Crippen LogP contribution is -2.30. The predicted octanol–water partition coefficient (Wildman–Crippen LogP) is 4.30. The predicted molar refractivity (Wildman–Crippen MR) is 120 cm³/mol. The lowest BCUT2D eigenvalue weighted by atomic mass is 10.1. The van der Waals surface area contributed by atoms with Gasteiger partial charge in [-0.05, 0) is 53.8 Å². The standard InChI is InChI=1S/C25H19FN2O4/c26-16-5-8-22-21(11-16)15(13-28-22)9-10-27-24(29)14-31-17-6-7-19-18-3-1-2-4-20(18)25(30)32-23(19)12-17/h1-8,11-13,28H,9-10,14H2,(H,27,29). The molecule has 1 amide bonds. The van der Waals surface area contributed by atoms with E-state index in [9.17, 15) is 14.0 Å². The van der Waals surface area contributed by atoms with Crippen molar-refractivity contribution in [3.63, 3.8) is 0 Å². The number of ether oxygens (including phenoxy) is 1. The Morgan fingerprint density at radius 2 is 1.84 bits per heavy atom. The molecule has 32 heavy (non-hydrogen) atoms. The first-order valence-corrected chi connectivity index (χ1v) is 10.2. The first-order valence-electron chi connectivity index (χ1n) is 10.2. The molecule has 0 fully saturated rings. The van der Waals surface area contributed by atoms with E-state index in [1.165, 1.54) is 12.1 Å². The summed E-state index contributed by atoms with van der Waals surface area (Å²) in [6.07, 6.45) is 2.38. The van der Waals surface area contributed by atoms with Gasteiger partial charge in [0.05, 0.1) is 5.39 Å². The topological polar surface area (TPSA) is 84.3 Å². The zero-order valence-corrected chi connectivity index (χ0v) is 17.0. The third kappa shape index (κ3) is 3.80. The van der Waals surface area contributed by atoms with Gasteiger partial charge in [0, 0.05) is 35.1 Å². The van der Waals surface area contributed by atoms with Crippen LogP contribution in [0.25, 0.3) is 32.6 Å². The van der Waals surface area contributed by atoms with Crippen LogP contribution in [-0.2, 0) is 11.2 Å². The second-order valence-electron chi connectivity index (χ2n) is 7.49. The van der Waals surface area contributed by atoms with E-state index in [4.69, 9.17) is 9.15 Å². The number of carbonyl (C=O) groups excluding carboxylic acids is 1. The lowest BCUT2D eigenvalue weighted by Gasteiger charge is -2.09. The molecule has 2 heterocycles. The molecule has 7 heteroatoms. The van der Waals surface area contributed by atoms with E-state index in [1.807, 2.05) is 24.4 Å². The Labute approximate surface area is 181 Å². The summed E-state index contributed by atoms with van der Waals surface area (Å²) in [5.74, 6) is -0.149. The fourth-order valence-electron chi connectivity index (χ4n) is 3.84. The van der Waals surface area contributed by atoms with Crippen LogP contribution in [0.2, 0.25) is 0 Å². The number of hydrogen-bond acceptors (Lipinski definition) is 4. The van der Waals surface area contributed by atoms with E-state index in [0.717, 1.165) is 27.2 Å². The van der Waals surface area contributed by atoms with Gasteiger partial charge in [-0.25, -0.2) is 9.18 Å². The summed E-state index contributed by atoms with van der Waals surface area (Å²) in [7, 11) is 0. The van der Waals surface area contributed by atoms with Crippen molar-refractivity contribution in [3.8, 4) is 5.75 Å². The molecule has 0 saturated heterocycles. The molecule has 5 aromatic rings. The summed E-state index contributed by atoms with van der Waals surface area (Å²) >= 11 is 0. The van der Waals surface area contributed by atoms with Gasteiger partial charge in [0.25, 0.3) is 5.91 Å². The Bertz CT molecular complexity index is 1520. The van der Waals surface area contributed by atoms with Crippen LogP contribution in [0.15, 0.2) is 76.1 Å². The van der Waals surface area contributed by atoms with Crippen LogP contribution in [0.5, 0.6) is 5.75 Å². The van der Waals surface area contributed by atoms with Crippen molar-refractivity contribution >= 4 is 38.6 Å². The smallest absolute Gasteiger partial charge is 0.344 e. The number of rotatable bonds is 6. The van der Waals surface area contributed by atoms with Crippen LogP contribution >= 0.6 is 0 Å². The molecule has 0 radical (unpaired) electrons. The minimum atomic E-state index is -0.417. The quantitative estimate of drug-likeness (QED) is 0.311. The van der Waals surface area contributed by atoms with Gasteiger partial charge < -0.3 is 19.5 Å². The Hall–Kier alpha value is -4.13. The number of benzene rings is 3. The van der Waals surface area contributed by atoms with Crippen molar-refractivity contribution in [2.24, 2.45) is 0 Å². The van der Waals surface area contributed by atoms with Gasteiger partial charge in [-0.15, -0.1) is 0 Å². The van der Waals surface area contributed by atoms with Crippen molar-refractivity contribution in [1.29, 1.82) is 0 Å². The second-order valence-corrected chi connectivity index (χ2v) is 7.49. The molecule has 3 aromatic carbocycles. The minimum absolute atomic E-state index is 0.175. The summed E-state index contributed by atoms with van der Waals surface area (Å²) < 4.78 is 24.5. The molecule has 0 unspecified atom stereocenters. The van der Waals surface area contributed by atoms with Gasteiger partial charge in [0.2, 0.25) is 0 Å². The molecule has 6 nitrogen and oxygen atoms in total. The number of aromatic nitrogens is 1. The van der Waals surface area contributed by atoms with E-state index in [0.29, 0.717) is 29.7 Å². The number of halogens is 1. The lowest BCUT2D eigenvalue weighted by molar-refractivity contribution is -0.123. The molecule has 2 N–H and O–H groups in total. The summed E-state index contributed by atoms with van der Waals surface area (Å²) in [5, 5.41) is 5.73. The van der Waals surface area contributed by atoms with Crippen molar-refractivity contribution in [3.05, 3.63) is 88.7 Å². The van der Waals surface area contributed by atoms with Crippen molar-refractivity contribution < 1.29 is 18.3 Å². The molecule has 0 atom stereocenters. The van der Waals surface area contributed by atoms with Gasteiger partial charge in [-0.2, -0.15) is 0 Å². The monoisotopic (exact) mass is 430 g/mol. The molecule has 5 rings (SSSR count). The summed E-state index contributed by atoms with van der Waals surface area (Å²) in [6, 6.07) is 17.0. The highest BCUT2D eigenvalue weighted by molar-refractivity contribution is 6.04. The first-order chi connectivity index (χ1) is 15.6. The Balaban J connectivity index is 1.21. The second kappa shape index (κ2) is 8.19. The number of H-pyrrole nitrogens is 1. The van der Waals surface area contributed by atoms with Crippen molar-refractivity contribution in [2.45, 2.75) is 6.42 Å². The number of nitrogens with one attached hydrogen (secondary N) is 2. The van der Waals surface area contributed by atoms with Crippen molar-refractivity contribution in [1.82, 2.24) is 10.3 Å². The van der Waals surface area contributed by atoms with Crippen molar-refractivity contribution in [2.75, 3.05) is 13.2 Å². The van der Waals surface area contributed by atoms with E-state index >= 15 is 0 Å². The Morgan fingerprint density at radius 3 is 2.72 bits per heavy atom. The van der Waals surface area contributed by atoms with Crippen LogP contribution in [-0.4, -0.2) is 24.0 Å². The number of carbonyl (C=O) groups is 1. The molecule has 0 aliphatic rings. The molecule has 0 aliphatic carbocycles. The molecule has 0 aliphatic heterocycles. The number of amides is 1. The molecule has 0 saturated carbocycles. The van der Waals surface area contributed by atoms with Crippen LogP contribution in [0.3, 0.4) is 0 Å². The first kappa shape index (κ1) is 19.8. The number of fused-ring (bicyclic) bond motifs is 4. The van der Waals surface area contributed by atoms with Gasteiger partial charge >= 0.3 is 5.63 Å². The van der Waals surface area contributed by atoms with Gasteiger partial charge in [0.1, 0.15) is 17.1 Å². The maximum Gasteiger partial charge on any atom is 0.344 e. The van der Waals surface area contributed by atoms with Gasteiger partial charge in [-0.1, -0.05) is 18.2 Å². The summed E-state index contributed by atoms with van der Waals surface area (Å²) in [4.78, 5) is 27.5. The molecular formula is C25H19FN2O4. The molecule has 0 spiro atoms. The number of hydrogen-bond donors (Lipinski definition) is 2. The average Bonchev–Trinajstić information content (AvgIpc) is 3.20. The SMILES string of the molecule is O=C(COc1ccc2c(c1)oc(=O)c1ccccc12)NCCc1c[nH]c2ccc(F)cc12. The fourth-order valence-corrected chi connectivity index (χ4v) is 3.84. The third-order valence-corrected chi connectivity index (χ3v) is 5.41. The molecular weight excluding hydrogens is 411 g/mol. The number of aromatic amines is 1. The highest BCUT2D eigenvalue weighted by Crippen LogP contribution is 2.26. The maximum absolute atomic E-state index is 13.5. The average molecular weight is 430 g/mol. The highest BCUT2D eigenvalue weighted by Gasteiger charge is 2.10. The largest absolute Gasteiger partial charge is 0.484 e. The summed E-state index contributed by atoms with van der Waals surface area (Å²) in [6.45, 7) is 0.218. The van der Waals surface area contributed by atoms with E-state index in [-0.39, 0.29) is 18.3 Å². The maximum atomic E-state index is 13.5. The van der Waals surface area contributed by atoms with Crippen LogP contribution < -0.4 is 15.7 Å². The molecule has 160 valence electrons. The Kier molecular flexibility index (Phi) is 5.07. The minimum Gasteiger partial charge on any atom is -0.484 e. The Morgan fingerprint density at radius 1 is 1.00 bits per heavy atom. The molecule has 0 bridgehead atoms. The highest BCUT2D eigenvalue weighted by atomic mass is 19.1. The van der Waals surface area contributed by atoms with E-state index < -0.39 is 5.63 Å². The van der Waals surface area contributed by atoms with Crippen LogP contribution in [0.1, 0.15) is 5.56 Å². The third-order valence-electron chi connectivity index (χ3n) is 5.41. The normalized spacial score (nSPS) is 11.3. The zero-order valence-electron chi connectivity index (χ0n) is 17.0. The summed E-state index contributed by atoms with van der Waals surface area (Å²) in [5.41, 5.74) is 1.77. The van der Waals surface area contributed by atoms with Crippen LogP contribution in [0, 0.1) is 5.82 Å². The fraction of sp³-hybridized carbons (Fsp3) is 0.120. The van der Waals surface area contributed by atoms with Crippen LogP contribution in [0.4, 0.5) is 4.39 Å². The van der Waals surface area contributed by atoms with Gasteiger partial charge in [0.15, 0.2) is 6.61 Å². The zero-order chi connectivity index (χ0) is 22.1. The van der Waals surface area contributed by atoms with E-state index in [2.05, 4.69) is 10.3 Å². The van der Waals surface area contributed by atoms with E-state index in [1.54, 1.807) is 30.3 Å². The molecule has 2 aromatic heterocycles. The van der Waals surface area contributed by atoms with Gasteiger partial charge in [-0.3, -0.25) is 4.79 Å².